The van der Waals surface area contributed by atoms with Crippen LogP contribution in [0.5, 0.6) is 17.2 Å². The van der Waals surface area contributed by atoms with Crippen molar-refractivity contribution in [3.8, 4) is 17.2 Å². The predicted octanol–water partition coefficient (Wildman–Crippen LogP) is 2.95. The molecule has 0 saturated heterocycles. The molecule has 0 radical (unpaired) electrons. The van der Waals surface area contributed by atoms with Crippen molar-refractivity contribution < 1.29 is 23.8 Å². The van der Waals surface area contributed by atoms with E-state index in [1.807, 2.05) is 19.1 Å². The Morgan fingerprint density at radius 2 is 1.69 bits per heavy atom. The molecule has 2 rings (SSSR count). The molecule has 0 heterocycles. The fourth-order valence-electron chi connectivity index (χ4n) is 2.68. The minimum absolute atomic E-state index is 0.119. The van der Waals surface area contributed by atoms with Gasteiger partial charge in [-0.2, -0.15) is 0 Å². The van der Waals surface area contributed by atoms with E-state index in [9.17, 15) is 9.59 Å². The molecule has 2 aromatic rings. The Balaban J connectivity index is 1.84. The molecule has 29 heavy (non-hydrogen) atoms. The smallest absolute Gasteiger partial charge is 0.255 e. The van der Waals surface area contributed by atoms with E-state index in [1.165, 1.54) is 0 Å². The fraction of sp³-hybridized carbons (Fsp3) is 0.333. The molecule has 0 spiro atoms. The van der Waals surface area contributed by atoms with Crippen LogP contribution < -0.4 is 24.8 Å². The normalized spacial score (nSPS) is 10.2. The molecule has 2 N–H and O–H groups in total. The Hall–Kier alpha value is -2.74. The van der Waals surface area contributed by atoms with E-state index in [-0.39, 0.29) is 18.4 Å². The molecule has 2 amide bonds. The largest absolute Gasteiger partial charge is 0.493 e. The third-order valence-electron chi connectivity index (χ3n) is 4.11. The van der Waals surface area contributed by atoms with E-state index in [0.29, 0.717) is 42.4 Å². The van der Waals surface area contributed by atoms with Gasteiger partial charge >= 0.3 is 0 Å². The molecular formula is C21H25BrN2O5. The van der Waals surface area contributed by atoms with E-state index in [4.69, 9.17) is 14.2 Å². The van der Waals surface area contributed by atoms with E-state index in [2.05, 4.69) is 26.6 Å². The van der Waals surface area contributed by atoms with Gasteiger partial charge < -0.3 is 24.8 Å². The zero-order valence-corrected chi connectivity index (χ0v) is 18.3. The number of ether oxygens (including phenoxy) is 3. The van der Waals surface area contributed by atoms with Crippen LogP contribution in [0.3, 0.4) is 0 Å². The first kappa shape index (κ1) is 22.5. The summed E-state index contributed by atoms with van der Waals surface area (Å²) in [6.07, 6.45) is 0.591. The van der Waals surface area contributed by atoms with Gasteiger partial charge in [-0.25, -0.2) is 0 Å². The van der Waals surface area contributed by atoms with Crippen LogP contribution in [0, 0.1) is 0 Å². The summed E-state index contributed by atoms with van der Waals surface area (Å²) in [5.74, 6) is 1.11. The first-order valence-corrected chi connectivity index (χ1v) is 9.96. The lowest BCUT2D eigenvalue weighted by Crippen LogP contribution is -2.37. The lowest BCUT2D eigenvalue weighted by atomic mass is 10.1. The average molecular weight is 465 g/mol. The second kappa shape index (κ2) is 11.3. The highest BCUT2D eigenvalue weighted by Crippen LogP contribution is 2.33. The zero-order valence-electron chi connectivity index (χ0n) is 16.7. The van der Waals surface area contributed by atoms with Gasteiger partial charge in [0.05, 0.1) is 32.9 Å². The van der Waals surface area contributed by atoms with Crippen LogP contribution in [0.4, 0.5) is 0 Å². The molecule has 0 aliphatic heterocycles. The molecule has 0 bridgehead atoms. The fourth-order valence-corrected chi connectivity index (χ4v) is 3.20. The molecular weight excluding hydrogens is 440 g/mol. The number of para-hydroxylation sites is 1. The van der Waals surface area contributed by atoms with Gasteiger partial charge in [0.15, 0.2) is 11.5 Å². The molecule has 0 aromatic heterocycles. The summed E-state index contributed by atoms with van der Waals surface area (Å²) in [5, 5.41) is 5.41. The maximum absolute atomic E-state index is 12.3. The molecule has 0 saturated carbocycles. The van der Waals surface area contributed by atoms with Crippen LogP contribution in [0.25, 0.3) is 0 Å². The minimum atomic E-state index is -0.355. The highest BCUT2D eigenvalue weighted by Gasteiger charge is 2.13. The third kappa shape index (κ3) is 6.39. The Morgan fingerprint density at radius 3 is 2.38 bits per heavy atom. The van der Waals surface area contributed by atoms with Crippen LogP contribution in [0.15, 0.2) is 40.9 Å². The Bertz CT molecular complexity index is 857. The Labute approximate surface area is 178 Å². The molecule has 0 aliphatic rings. The van der Waals surface area contributed by atoms with Crippen molar-refractivity contribution in [2.24, 2.45) is 0 Å². The van der Waals surface area contributed by atoms with Crippen LogP contribution in [0.1, 0.15) is 22.8 Å². The van der Waals surface area contributed by atoms with Crippen molar-refractivity contribution >= 4 is 27.7 Å². The monoisotopic (exact) mass is 464 g/mol. The summed E-state index contributed by atoms with van der Waals surface area (Å²) in [6.45, 7) is 2.60. The van der Waals surface area contributed by atoms with Gasteiger partial charge in [-0.15, -0.1) is 0 Å². The predicted molar refractivity (Wildman–Crippen MR) is 114 cm³/mol. The number of benzene rings is 2. The molecule has 0 atom stereocenters. The van der Waals surface area contributed by atoms with E-state index in [1.54, 1.807) is 38.5 Å². The minimum Gasteiger partial charge on any atom is -0.493 e. The number of halogens is 1. The van der Waals surface area contributed by atoms with Crippen molar-refractivity contribution in [3.63, 3.8) is 0 Å². The number of hydrogen-bond donors (Lipinski definition) is 2. The van der Waals surface area contributed by atoms with Crippen molar-refractivity contribution in [3.05, 3.63) is 52.0 Å². The van der Waals surface area contributed by atoms with Gasteiger partial charge in [-0.1, -0.05) is 28.1 Å². The van der Waals surface area contributed by atoms with Gasteiger partial charge in [0.1, 0.15) is 5.75 Å². The second-order valence-electron chi connectivity index (χ2n) is 6.01. The van der Waals surface area contributed by atoms with Gasteiger partial charge in [0.25, 0.3) is 5.91 Å². The molecule has 0 fully saturated rings. The van der Waals surface area contributed by atoms with Gasteiger partial charge in [0.2, 0.25) is 5.91 Å². The number of rotatable bonds is 10. The van der Waals surface area contributed by atoms with Crippen LogP contribution in [-0.4, -0.2) is 45.7 Å². The third-order valence-corrected chi connectivity index (χ3v) is 4.85. The maximum Gasteiger partial charge on any atom is 0.255 e. The van der Waals surface area contributed by atoms with Gasteiger partial charge in [-0.05, 0) is 43.2 Å². The molecule has 2 aromatic carbocycles. The Kier molecular flexibility index (Phi) is 8.79. The number of carbonyl (C=O) groups excluding carboxylic acids is 2. The topological polar surface area (TPSA) is 85.9 Å². The van der Waals surface area contributed by atoms with Gasteiger partial charge in [0, 0.05) is 11.0 Å². The SMILES string of the molecule is CCOc1ccccc1C(=O)NCC(=O)NCCc1cc(OC)c(OC)cc1Br. The lowest BCUT2D eigenvalue weighted by Gasteiger charge is -2.13. The lowest BCUT2D eigenvalue weighted by molar-refractivity contribution is -0.120. The Morgan fingerprint density at radius 1 is 1.00 bits per heavy atom. The average Bonchev–Trinajstić information content (AvgIpc) is 2.73. The van der Waals surface area contributed by atoms with Crippen LogP contribution in [-0.2, 0) is 11.2 Å². The first-order valence-electron chi connectivity index (χ1n) is 9.17. The standard InChI is InChI=1S/C21H25BrN2O5/c1-4-29-17-8-6-5-7-15(17)21(26)24-13-20(25)23-10-9-14-11-18(27-2)19(28-3)12-16(14)22/h5-8,11-12H,4,9-10,13H2,1-3H3,(H,23,25)(H,24,26). The van der Waals surface area contributed by atoms with E-state index >= 15 is 0 Å². The summed E-state index contributed by atoms with van der Waals surface area (Å²) < 4.78 is 16.9. The number of nitrogens with one attached hydrogen (secondary N) is 2. The van der Waals surface area contributed by atoms with Crippen molar-refractivity contribution in [1.29, 1.82) is 0 Å². The van der Waals surface area contributed by atoms with E-state index < -0.39 is 0 Å². The molecule has 0 unspecified atom stereocenters. The van der Waals surface area contributed by atoms with Crippen molar-refractivity contribution in [1.82, 2.24) is 10.6 Å². The first-order chi connectivity index (χ1) is 14.0. The molecule has 7 nitrogen and oxygen atoms in total. The summed E-state index contributed by atoms with van der Waals surface area (Å²) in [5.41, 5.74) is 1.37. The van der Waals surface area contributed by atoms with E-state index in [0.717, 1.165) is 10.0 Å². The second-order valence-corrected chi connectivity index (χ2v) is 6.86. The summed E-state index contributed by atoms with van der Waals surface area (Å²) in [6, 6.07) is 10.6. The number of methoxy groups -OCH3 is 2. The van der Waals surface area contributed by atoms with Crippen molar-refractivity contribution in [2.75, 3.05) is 33.9 Å². The summed E-state index contributed by atoms with van der Waals surface area (Å²) in [7, 11) is 3.15. The highest BCUT2D eigenvalue weighted by atomic mass is 79.9. The molecule has 156 valence electrons. The van der Waals surface area contributed by atoms with Crippen LogP contribution in [0.2, 0.25) is 0 Å². The van der Waals surface area contributed by atoms with Gasteiger partial charge in [-0.3, -0.25) is 9.59 Å². The van der Waals surface area contributed by atoms with Crippen LogP contribution >= 0.6 is 15.9 Å². The highest BCUT2D eigenvalue weighted by molar-refractivity contribution is 9.10. The quantitative estimate of drug-likeness (QED) is 0.564. The molecule has 0 aliphatic carbocycles. The summed E-state index contributed by atoms with van der Waals surface area (Å²) >= 11 is 3.50. The maximum atomic E-state index is 12.3. The zero-order chi connectivity index (χ0) is 21.2. The molecule has 8 heteroatoms. The summed E-state index contributed by atoms with van der Waals surface area (Å²) in [4.78, 5) is 24.4. The number of hydrogen-bond acceptors (Lipinski definition) is 5. The number of carbonyl (C=O) groups is 2. The number of amides is 2. The van der Waals surface area contributed by atoms with Crippen molar-refractivity contribution in [2.45, 2.75) is 13.3 Å².